The number of carbonyl (C=O) groups excluding carboxylic acids is 1. The molecule has 0 aliphatic carbocycles. The summed E-state index contributed by atoms with van der Waals surface area (Å²) in [7, 11) is 0.709. The van der Waals surface area contributed by atoms with Gasteiger partial charge in [-0.1, -0.05) is 0 Å². The SMILES string of the molecule is CCOC(=O)c1cnn(C)c1CN(C)C1CCS(=O)(=O)C1. The summed E-state index contributed by atoms with van der Waals surface area (Å²) >= 11 is 0. The van der Waals surface area contributed by atoms with Crippen LogP contribution in [0.1, 0.15) is 29.4 Å². The van der Waals surface area contributed by atoms with Crippen molar-refractivity contribution in [1.82, 2.24) is 14.7 Å². The van der Waals surface area contributed by atoms with Gasteiger partial charge in [-0.3, -0.25) is 9.58 Å². The zero-order valence-corrected chi connectivity index (χ0v) is 13.4. The second-order valence-electron chi connectivity index (χ2n) is 5.32. The molecule has 1 aliphatic rings. The number of nitrogens with zero attached hydrogens (tertiary/aromatic N) is 3. The Morgan fingerprint density at radius 1 is 1.57 bits per heavy atom. The summed E-state index contributed by atoms with van der Waals surface area (Å²) in [6.45, 7) is 2.53. The molecule has 0 saturated carbocycles. The van der Waals surface area contributed by atoms with Crippen LogP contribution in [0.5, 0.6) is 0 Å². The number of ether oxygens (including phenoxy) is 1. The molecule has 0 N–H and O–H groups in total. The molecule has 1 fully saturated rings. The highest BCUT2D eigenvalue weighted by molar-refractivity contribution is 7.91. The molecule has 118 valence electrons. The van der Waals surface area contributed by atoms with E-state index in [1.807, 2.05) is 11.9 Å². The molecule has 2 rings (SSSR count). The maximum atomic E-state index is 11.9. The second-order valence-corrected chi connectivity index (χ2v) is 7.55. The predicted molar refractivity (Wildman–Crippen MR) is 77.7 cm³/mol. The lowest BCUT2D eigenvalue weighted by Crippen LogP contribution is -2.33. The van der Waals surface area contributed by atoms with Crippen molar-refractivity contribution in [3.05, 3.63) is 17.5 Å². The summed E-state index contributed by atoms with van der Waals surface area (Å²) in [6.07, 6.45) is 2.12. The smallest absolute Gasteiger partial charge is 0.341 e. The Morgan fingerprint density at radius 2 is 2.29 bits per heavy atom. The van der Waals surface area contributed by atoms with Crippen molar-refractivity contribution in [3.63, 3.8) is 0 Å². The summed E-state index contributed by atoms with van der Waals surface area (Å²) < 4.78 is 29.8. The number of aryl methyl sites for hydroxylation is 1. The molecule has 8 heteroatoms. The topological polar surface area (TPSA) is 81.5 Å². The van der Waals surface area contributed by atoms with E-state index in [1.54, 1.807) is 18.7 Å². The largest absolute Gasteiger partial charge is 0.462 e. The number of esters is 1. The van der Waals surface area contributed by atoms with Gasteiger partial charge in [0, 0.05) is 19.6 Å². The fourth-order valence-electron chi connectivity index (χ4n) is 2.52. The number of sulfone groups is 1. The van der Waals surface area contributed by atoms with Gasteiger partial charge in [-0.2, -0.15) is 5.10 Å². The van der Waals surface area contributed by atoms with E-state index in [2.05, 4.69) is 5.10 Å². The first kappa shape index (κ1) is 16.0. The van der Waals surface area contributed by atoms with E-state index in [1.165, 1.54) is 6.20 Å². The van der Waals surface area contributed by atoms with E-state index >= 15 is 0 Å². The first-order valence-electron chi connectivity index (χ1n) is 6.92. The van der Waals surface area contributed by atoms with Crippen LogP contribution in [-0.2, 0) is 28.2 Å². The van der Waals surface area contributed by atoms with Crippen molar-refractivity contribution in [2.45, 2.75) is 25.9 Å². The van der Waals surface area contributed by atoms with Crippen LogP contribution in [0.25, 0.3) is 0 Å². The Labute approximate surface area is 124 Å². The third-order valence-electron chi connectivity index (χ3n) is 3.79. The van der Waals surface area contributed by atoms with E-state index in [0.29, 0.717) is 25.1 Å². The molecule has 0 spiro atoms. The second kappa shape index (κ2) is 6.15. The summed E-state index contributed by atoms with van der Waals surface area (Å²) in [5, 5.41) is 4.10. The molecule has 1 atom stereocenters. The quantitative estimate of drug-likeness (QED) is 0.723. The van der Waals surface area contributed by atoms with Crippen LogP contribution in [0.4, 0.5) is 0 Å². The van der Waals surface area contributed by atoms with Crippen LogP contribution in [0.3, 0.4) is 0 Å². The van der Waals surface area contributed by atoms with Crippen LogP contribution in [0.2, 0.25) is 0 Å². The number of carbonyl (C=O) groups is 1. The molecule has 0 amide bonds. The van der Waals surface area contributed by atoms with Crippen LogP contribution in [0, 0.1) is 0 Å². The molecule has 1 aromatic rings. The first-order valence-corrected chi connectivity index (χ1v) is 8.75. The lowest BCUT2D eigenvalue weighted by molar-refractivity contribution is 0.0523. The molecule has 7 nitrogen and oxygen atoms in total. The molecule has 0 bridgehead atoms. The summed E-state index contributed by atoms with van der Waals surface area (Å²) in [5.74, 6) is 0.0156. The van der Waals surface area contributed by atoms with Gasteiger partial charge in [0.05, 0.1) is 30.0 Å². The zero-order chi connectivity index (χ0) is 15.6. The zero-order valence-electron chi connectivity index (χ0n) is 12.6. The molecule has 2 heterocycles. The van der Waals surface area contributed by atoms with Crippen molar-refractivity contribution in [2.75, 3.05) is 25.2 Å². The molecule has 0 radical (unpaired) electrons. The Morgan fingerprint density at radius 3 is 2.86 bits per heavy atom. The maximum Gasteiger partial charge on any atom is 0.341 e. The fourth-order valence-corrected chi connectivity index (χ4v) is 4.32. The monoisotopic (exact) mass is 315 g/mol. The molecule has 1 unspecified atom stereocenters. The normalized spacial score (nSPS) is 20.9. The van der Waals surface area contributed by atoms with E-state index in [-0.39, 0.29) is 17.5 Å². The minimum absolute atomic E-state index is 0.0139. The van der Waals surface area contributed by atoms with Crippen molar-refractivity contribution in [1.29, 1.82) is 0 Å². The first-order chi connectivity index (χ1) is 9.84. The number of rotatable bonds is 5. The van der Waals surface area contributed by atoms with Gasteiger partial charge in [0.1, 0.15) is 5.56 Å². The average Bonchev–Trinajstić information content (AvgIpc) is 2.94. The Balaban J connectivity index is 2.12. The number of aromatic nitrogens is 2. The Kier molecular flexibility index (Phi) is 4.67. The molecular formula is C13H21N3O4S. The van der Waals surface area contributed by atoms with Crippen molar-refractivity contribution in [3.8, 4) is 0 Å². The average molecular weight is 315 g/mol. The van der Waals surface area contributed by atoms with Crippen molar-refractivity contribution in [2.24, 2.45) is 7.05 Å². The summed E-state index contributed by atoms with van der Waals surface area (Å²) in [4.78, 5) is 13.9. The van der Waals surface area contributed by atoms with Gasteiger partial charge in [0.15, 0.2) is 9.84 Å². The maximum absolute atomic E-state index is 11.9. The van der Waals surface area contributed by atoms with E-state index in [9.17, 15) is 13.2 Å². The third-order valence-corrected chi connectivity index (χ3v) is 5.54. The fraction of sp³-hybridized carbons (Fsp3) is 0.692. The van der Waals surface area contributed by atoms with Crippen molar-refractivity contribution < 1.29 is 17.9 Å². The third kappa shape index (κ3) is 3.62. The Bertz CT molecular complexity index is 623. The van der Waals surface area contributed by atoms with Gasteiger partial charge in [0.2, 0.25) is 0 Å². The van der Waals surface area contributed by atoms with Gasteiger partial charge in [-0.15, -0.1) is 0 Å². The van der Waals surface area contributed by atoms with Crippen LogP contribution >= 0.6 is 0 Å². The molecule has 1 aromatic heterocycles. The molecular weight excluding hydrogens is 294 g/mol. The lowest BCUT2D eigenvalue weighted by Gasteiger charge is -2.23. The highest BCUT2D eigenvalue weighted by Crippen LogP contribution is 2.20. The minimum Gasteiger partial charge on any atom is -0.462 e. The predicted octanol–water partition coefficient (Wildman–Crippen LogP) is 0.216. The standard InChI is InChI=1S/C13H21N3O4S/c1-4-20-13(17)11-7-14-16(3)12(11)8-15(2)10-5-6-21(18,19)9-10/h7,10H,4-6,8-9H2,1-3H3. The Hall–Kier alpha value is -1.41. The van der Waals surface area contributed by atoms with E-state index in [4.69, 9.17) is 4.74 Å². The van der Waals surface area contributed by atoms with Crippen LogP contribution in [0.15, 0.2) is 6.20 Å². The molecule has 1 aliphatic heterocycles. The highest BCUT2D eigenvalue weighted by atomic mass is 32.2. The van der Waals surface area contributed by atoms with Gasteiger partial charge in [0.25, 0.3) is 0 Å². The number of hydrogen-bond acceptors (Lipinski definition) is 6. The van der Waals surface area contributed by atoms with Gasteiger partial charge in [-0.25, -0.2) is 13.2 Å². The lowest BCUT2D eigenvalue weighted by atomic mass is 10.2. The molecule has 0 aromatic carbocycles. The van der Waals surface area contributed by atoms with E-state index in [0.717, 1.165) is 5.69 Å². The van der Waals surface area contributed by atoms with E-state index < -0.39 is 15.8 Å². The van der Waals surface area contributed by atoms with Crippen LogP contribution < -0.4 is 0 Å². The van der Waals surface area contributed by atoms with Gasteiger partial charge < -0.3 is 4.74 Å². The summed E-state index contributed by atoms with van der Waals surface area (Å²) in [6, 6.07) is -0.0139. The van der Waals surface area contributed by atoms with Crippen molar-refractivity contribution >= 4 is 15.8 Å². The van der Waals surface area contributed by atoms with Gasteiger partial charge in [-0.05, 0) is 20.4 Å². The van der Waals surface area contributed by atoms with Crippen LogP contribution in [-0.4, -0.2) is 60.3 Å². The minimum atomic E-state index is -2.92. The molecule has 21 heavy (non-hydrogen) atoms. The van der Waals surface area contributed by atoms with Gasteiger partial charge >= 0.3 is 5.97 Å². The highest BCUT2D eigenvalue weighted by Gasteiger charge is 2.31. The summed E-state index contributed by atoms with van der Waals surface area (Å²) in [5.41, 5.74) is 1.17. The molecule has 1 saturated heterocycles. The number of hydrogen-bond donors (Lipinski definition) is 0.